The Balaban J connectivity index is 1.44. The maximum Gasteiger partial charge on any atom is 0.340 e. The zero-order valence-electron chi connectivity index (χ0n) is 21.4. The van der Waals surface area contributed by atoms with Crippen LogP contribution in [0.2, 0.25) is 0 Å². The van der Waals surface area contributed by atoms with E-state index in [0.717, 1.165) is 23.3 Å². The Bertz CT molecular complexity index is 1420. The van der Waals surface area contributed by atoms with Crippen molar-refractivity contribution in [2.45, 2.75) is 26.2 Å². The van der Waals surface area contributed by atoms with Gasteiger partial charge in [0.2, 0.25) is 0 Å². The molecule has 0 fully saturated rings. The number of ether oxygens (including phenoxy) is 1. The number of amides is 3. The molecule has 0 saturated carbocycles. The Morgan fingerprint density at radius 3 is 2.44 bits per heavy atom. The summed E-state index contributed by atoms with van der Waals surface area (Å²) in [4.78, 5) is 52.3. The number of para-hydroxylation sites is 1. The highest BCUT2D eigenvalue weighted by atomic mass is 35.5. The van der Waals surface area contributed by atoms with E-state index in [1.54, 1.807) is 42.5 Å². The minimum absolute atomic E-state index is 0.0487. The molecule has 1 heterocycles. The highest BCUT2D eigenvalue weighted by Gasteiger charge is 2.37. The van der Waals surface area contributed by atoms with Crippen LogP contribution in [0.4, 0.5) is 11.4 Å². The molecule has 0 unspecified atom stereocenters. The molecule has 0 aromatic heterocycles. The number of halogens is 1. The topological polar surface area (TPSA) is 105 Å². The molecule has 39 heavy (non-hydrogen) atoms. The van der Waals surface area contributed by atoms with E-state index >= 15 is 0 Å². The van der Waals surface area contributed by atoms with Crippen molar-refractivity contribution in [1.82, 2.24) is 4.90 Å². The molecule has 0 radical (unpaired) electrons. The minimum atomic E-state index is -0.573. The monoisotopic (exact) mass is 545 g/mol. The van der Waals surface area contributed by atoms with Crippen molar-refractivity contribution < 1.29 is 23.9 Å². The van der Waals surface area contributed by atoms with Crippen molar-refractivity contribution in [3.8, 4) is 0 Å². The van der Waals surface area contributed by atoms with Gasteiger partial charge in [0, 0.05) is 17.8 Å². The molecule has 0 aliphatic carbocycles. The van der Waals surface area contributed by atoms with Gasteiger partial charge in [-0.25, -0.2) is 4.79 Å². The third-order valence-electron chi connectivity index (χ3n) is 6.10. The predicted octanol–water partition coefficient (Wildman–Crippen LogP) is 5.37. The van der Waals surface area contributed by atoms with E-state index in [1.807, 2.05) is 37.3 Å². The molecule has 200 valence electrons. The van der Waals surface area contributed by atoms with Gasteiger partial charge in [0.25, 0.3) is 17.7 Å². The Kier molecular flexibility index (Phi) is 9.12. The molecule has 3 amide bonds. The van der Waals surface area contributed by atoms with Crippen molar-refractivity contribution in [3.63, 3.8) is 0 Å². The molecule has 0 saturated heterocycles. The number of anilines is 2. The number of rotatable bonds is 11. The number of nitrogens with one attached hydrogen (secondary N) is 2. The third-order valence-corrected chi connectivity index (χ3v) is 6.45. The number of nitrogens with zero attached hydrogens (tertiary/aromatic N) is 1. The Hall–Kier alpha value is -4.43. The highest BCUT2D eigenvalue weighted by Crippen LogP contribution is 2.26. The summed E-state index contributed by atoms with van der Waals surface area (Å²) in [6.45, 7) is 2.48. The van der Waals surface area contributed by atoms with Gasteiger partial charge in [-0.05, 0) is 48.7 Å². The zero-order chi connectivity index (χ0) is 27.8. The quantitative estimate of drug-likeness (QED) is 0.191. The molecule has 4 rings (SSSR count). The fraction of sp³-hybridized carbons (Fsp3) is 0.200. The summed E-state index contributed by atoms with van der Waals surface area (Å²) in [5.41, 5.74) is 2.17. The van der Waals surface area contributed by atoms with Crippen molar-refractivity contribution in [2.24, 2.45) is 0 Å². The number of benzene rings is 3. The van der Waals surface area contributed by atoms with Crippen LogP contribution in [0.5, 0.6) is 0 Å². The summed E-state index contributed by atoms with van der Waals surface area (Å²) in [7, 11) is 0. The molecule has 0 spiro atoms. The summed E-state index contributed by atoms with van der Waals surface area (Å²) in [5.74, 6) is -2.09. The predicted molar refractivity (Wildman–Crippen MR) is 149 cm³/mol. The number of hydrogen-bond donors (Lipinski definition) is 2. The molecule has 3 aromatic rings. The van der Waals surface area contributed by atoms with Gasteiger partial charge >= 0.3 is 5.97 Å². The van der Waals surface area contributed by atoms with Crippen molar-refractivity contribution in [2.75, 3.05) is 23.8 Å². The average molecular weight is 546 g/mol. The van der Waals surface area contributed by atoms with Gasteiger partial charge < -0.3 is 15.4 Å². The maximum absolute atomic E-state index is 13.0. The second-order valence-electron chi connectivity index (χ2n) is 8.88. The van der Waals surface area contributed by atoms with Crippen LogP contribution in [0.25, 0.3) is 0 Å². The van der Waals surface area contributed by atoms with Gasteiger partial charge in [0.1, 0.15) is 10.7 Å². The molecule has 1 aliphatic heterocycles. The van der Waals surface area contributed by atoms with Crippen LogP contribution in [0.15, 0.2) is 89.6 Å². The lowest BCUT2D eigenvalue weighted by molar-refractivity contribution is -0.137. The Morgan fingerprint density at radius 2 is 1.67 bits per heavy atom. The fourth-order valence-electron chi connectivity index (χ4n) is 3.98. The first kappa shape index (κ1) is 27.6. The van der Waals surface area contributed by atoms with Crippen LogP contribution in [-0.2, 0) is 20.7 Å². The molecule has 2 N–H and O–H groups in total. The lowest BCUT2D eigenvalue weighted by Gasteiger charge is -2.15. The average Bonchev–Trinajstić information content (AvgIpc) is 3.15. The van der Waals surface area contributed by atoms with E-state index in [-0.39, 0.29) is 28.4 Å². The zero-order valence-corrected chi connectivity index (χ0v) is 22.2. The van der Waals surface area contributed by atoms with Gasteiger partial charge in [-0.2, -0.15) is 0 Å². The Labute approximate surface area is 231 Å². The standard InChI is InChI=1S/C30H28ClN3O5/c1-2-3-18-39-30(38)23-14-7-8-15-24(23)33-27(35)21-12-9-13-22(19-21)32-26-25(31)28(36)34(29(26)37)17-16-20-10-5-4-6-11-20/h4-15,19,32H,2-3,16-18H2,1H3,(H,33,35). The van der Waals surface area contributed by atoms with Gasteiger partial charge in [-0.15, -0.1) is 0 Å². The van der Waals surface area contributed by atoms with Crippen LogP contribution in [-0.4, -0.2) is 41.7 Å². The van der Waals surface area contributed by atoms with E-state index in [0.29, 0.717) is 24.4 Å². The first-order chi connectivity index (χ1) is 18.9. The van der Waals surface area contributed by atoms with Gasteiger partial charge in [0.05, 0.1) is 17.9 Å². The van der Waals surface area contributed by atoms with E-state index in [1.165, 1.54) is 6.07 Å². The fourth-order valence-corrected chi connectivity index (χ4v) is 4.21. The number of esters is 1. The van der Waals surface area contributed by atoms with E-state index in [2.05, 4.69) is 10.6 Å². The van der Waals surface area contributed by atoms with Gasteiger partial charge in [0.15, 0.2) is 0 Å². The first-order valence-electron chi connectivity index (χ1n) is 12.6. The maximum atomic E-state index is 13.0. The minimum Gasteiger partial charge on any atom is -0.462 e. The summed E-state index contributed by atoms with van der Waals surface area (Å²) in [6.07, 6.45) is 2.14. The summed E-state index contributed by atoms with van der Waals surface area (Å²) < 4.78 is 5.29. The van der Waals surface area contributed by atoms with Crippen LogP contribution in [0.3, 0.4) is 0 Å². The first-order valence-corrected chi connectivity index (χ1v) is 13.0. The Morgan fingerprint density at radius 1 is 0.923 bits per heavy atom. The molecular weight excluding hydrogens is 518 g/mol. The second-order valence-corrected chi connectivity index (χ2v) is 9.26. The second kappa shape index (κ2) is 12.9. The van der Waals surface area contributed by atoms with Gasteiger partial charge in [-0.3, -0.25) is 19.3 Å². The molecule has 3 aromatic carbocycles. The SMILES string of the molecule is CCCCOC(=O)c1ccccc1NC(=O)c1cccc(NC2=C(Cl)C(=O)N(CCc3ccccc3)C2=O)c1. The largest absolute Gasteiger partial charge is 0.462 e. The van der Waals surface area contributed by atoms with E-state index in [4.69, 9.17) is 16.3 Å². The molecular formula is C30H28ClN3O5. The van der Waals surface area contributed by atoms with Gasteiger partial charge in [-0.1, -0.05) is 73.5 Å². The lowest BCUT2D eigenvalue weighted by atomic mass is 10.1. The van der Waals surface area contributed by atoms with Crippen LogP contribution >= 0.6 is 11.6 Å². The number of carbonyl (C=O) groups is 4. The number of unbranched alkanes of at least 4 members (excludes halogenated alkanes) is 1. The molecule has 8 nitrogen and oxygen atoms in total. The van der Waals surface area contributed by atoms with Crippen molar-refractivity contribution in [3.05, 3.63) is 106 Å². The third kappa shape index (κ3) is 6.72. The van der Waals surface area contributed by atoms with Crippen LogP contribution < -0.4 is 10.6 Å². The van der Waals surface area contributed by atoms with E-state index < -0.39 is 23.7 Å². The lowest BCUT2D eigenvalue weighted by Crippen LogP contribution is -2.34. The summed E-state index contributed by atoms with van der Waals surface area (Å²) in [6, 6.07) is 22.5. The molecule has 9 heteroatoms. The van der Waals surface area contributed by atoms with Crippen LogP contribution in [0.1, 0.15) is 46.0 Å². The molecule has 1 aliphatic rings. The van der Waals surface area contributed by atoms with Crippen LogP contribution in [0, 0.1) is 0 Å². The number of imide groups is 1. The molecule has 0 atom stereocenters. The molecule has 0 bridgehead atoms. The number of carbonyl (C=O) groups excluding carboxylic acids is 4. The normalized spacial score (nSPS) is 13.0. The smallest absolute Gasteiger partial charge is 0.340 e. The van der Waals surface area contributed by atoms with Crippen molar-refractivity contribution >= 4 is 46.7 Å². The number of hydrogen-bond acceptors (Lipinski definition) is 6. The van der Waals surface area contributed by atoms with E-state index in [9.17, 15) is 19.2 Å². The van der Waals surface area contributed by atoms with Crippen molar-refractivity contribution in [1.29, 1.82) is 0 Å². The summed E-state index contributed by atoms with van der Waals surface area (Å²) in [5, 5.41) is 5.44. The summed E-state index contributed by atoms with van der Waals surface area (Å²) >= 11 is 6.23. The highest BCUT2D eigenvalue weighted by molar-refractivity contribution is 6.48.